The standard InChI is InChI=1S/C48H58/c1-2-10-28(11-3-1)42-33-14-6-7-15-34(33)45(32-16-8-12-27-9-4-5-13-31(27)32)48-40-26-24-38-36-22-20-30-18-17-29-19-21-35(43(36)41(29)30)37-23-25-39(47(42)48)46(40)44(37)38/h1-5,8-13,16,29-30,33-48H,6-7,14-15,17-26H2. The number of benzene rings is 3. The van der Waals surface area contributed by atoms with Gasteiger partial charge in [-0.25, -0.2) is 0 Å². The second-order valence-corrected chi connectivity index (χ2v) is 19.5. The van der Waals surface area contributed by atoms with E-state index in [4.69, 9.17) is 0 Å². The Hall–Kier alpha value is -2.08. The highest BCUT2D eigenvalue weighted by molar-refractivity contribution is 5.86. The first kappa shape index (κ1) is 28.6. The molecule has 0 aliphatic heterocycles. The Morgan fingerprint density at radius 3 is 1.54 bits per heavy atom. The lowest BCUT2D eigenvalue weighted by molar-refractivity contribution is -0.169. The minimum Gasteiger partial charge on any atom is -0.0622 e. The third kappa shape index (κ3) is 3.75. The molecule has 0 saturated heterocycles. The van der Waals surface area contributed by atoms with Gasteiger partial charge >= 0.3 is 0 Å². The maximum Gasteiger partial charge on any atom is -0.00905 e. The Kier molecular flexibility index (Phi) is 6.39. The normalized spacial score (nSPS) is 51.0. The Morgan fingerprint density at radius 1 is 0.333 bits per heavy atom. The van der Waals surface area contributed by atoms with Crippen LogP contribution in [0.1, 0.15) is 113 Å². The van der Waals surface area contributed by atoms with Crippen molar-refractivity contribution in [2.24, 2.45) is 94.7 Å². The van der Waals surface area contributed by atoms with Gasteiger partial charge in [-0.05, 0) is 205 Å². The lowest BCUT2D eigenvalue weighted by Crippen LogP contribution is -2.59. The van der Waals surface area contributed by atoms with E-state index in [1.165, 1.54) is 31.1 Å². The SMILES string of the molecule is c1ccc(C2C3CCCCC3C(c3cccc4ccccc34)C3C4CCC5C6CCC7CCC8CCC(C9CCC(C4C95)C23)C6C87)cc1. The van der Waals surface area contributed by atoms with E-state index in [0.29, 0.717) is 0 Å². The molecule has 0 bridgehead atoms. The summed E-state index contributed by atoms with van der Waals surface area (Å²) in [5.74, 6) is 18.0. The van der Waals surface area contributed by atoms with Crippen LogP contribution in [0.4, 0.5) is 0 Å². The molecular formula is C48H58. The summed E-state index contributed by atoms with van der Waals surface area (Å²) in [6.07, 6.45) is 21.8. The first-order valence-electron chi connectivity index (χ1n) is 21.4. The van der Waals surface area contributed by atoms with Crippen molar-refractivity contribution in [3.05, 3.63) is 83.9 Å². The average molecular weight is 635 g/mol. The van der Waals surface area contributed by atoms with Crippen LogP contribution < -0.4 is 0 Å². The maximum absolute atomic E-state index is 2.64. The van der Waals surface area contributed by atoms with Crippen LogP contribution >= 0.6 is 0 Å². The highest BCUT2D eigenvalue weighted by atomic mass is 14.7. The summed E-state index contributed by atoms with van der Waals surface area (Å²) in [6, 6.07) is 29.3. The molecule has 0 heteroatoms. The molecule has 9 aliphatic rings. The van der Waals surface area contributed by atoms with E-state index in [-0.39, 0.29) is 0 Å². The van der Waals surface area contributed by atoms with Crippen molar-refractivity contribution >= 4 is 10.8 Å². The summed E-state index contributed by atoms with van der Waals surface area (Å²) < 4.78 is 0. The zero-order valence-electron chi connectivity index (χ0n) is 29.2. The third-order valence-corrected chi connectivity index (χ3v) is 18.8. The van der Waals surface area contributed by atoms with Gasteiger partial charge < -0.3 is 0 Å². The quantitative estimate of drug-likeness (QED) is 0.263. The molecule has 9 fully saturated rings. The van der Waals surface area contributed by atoms with E-state index >= 15 is 0 Å². The molecule has 18 unspecified atom stereocenters. The van der Waals surface area contributed by atoms with Crippen LogP contribution in [0.15, 0.2) is 72.8 Å². The van der Waals surface area contributed by atoms with Crippen LogP contribution in [0.5, 0.6) is 0 Å². The molecule has 3 aromatic rings. The van der Waals surface area contributed by atoms with Crippen molar-refractivity contribution in [2.45, 2.75) is 102 Å². The molecule has 0 aromatic heterocycles. The Labute approximate surface area is 290 Å². The molecule has 12 rings (SSSR count). The minimum atomic E-state index is 0.762. The largest absolute Gasteiger partial charge is 0.0622 e. The van der Waals surface area contributed by atoms with Gasteiger partial charge in [0.25, 0.3) is 0 Å². The lowest BCUT2D eigenvalue weighted by atomic mass is 9.40. The first-order chi connectivity index (χ1) is 23.8. The minimum absolute atomic E-state index is 0.762. The smallest absolute Gasteiger partial charge is 0.00905 e. The highest BCUT2D eigenvalue weighted by Crippen LogP contribution is 2.77. The average Bonchev–Trinajstić information content (AvgIpc) is 3.73. The van der Waals surface area contributed by atoms with Gasteiger partial charge in [0, 0.05) is 0 Å². The fourth-order valence-electron chi connectivity index (χ4n) is 18.2. The molecule has 250 valence electrons. The van der Waals surface area contributed by atoms with Crippen molar-refractivity contribution in [2.75, 3.05) is 0 Å². The van der Waals surface area contributed by atoms with Crippen molar-refractivity contribution < 1.29 is 0 Å². The summed E-state index contributed by atoms with van der Waals surface area (Å²) in [5, 5.41) is 3.08. The van der Waals surface area contributed by atoms with Gasteiger partial charge in [-0.3, -0.25) is 0 Å². The first-order valence-corrected chi connectivity index (χ1v) is 21.4. The summed E-state index contributed by atoms with van der Waals surface area (Å²) in [6.45, 7) is 0. The number of hydrogen-bond acceptors (Lipinski definition) is 0. The van der Waals surface area contributed by atoms with Gasteiger partial charge in [-0.2, -0.15) is 0 Å². The van der Waals surface area contributed by atoms with Crippen molar-refractivity contribution in [1.29, 1.82) is 0 Å². The van der Waals surface area contributed by atoms with E-state index in [9.17, 15) is 0 Å². The van der Waals surface area contributed by atoms with Gasteiger partial charge in [0.15, 0.2) is 0 Å². The Morgan fingerprint density at radius 2 is 0.833 bits per heavy atom. The highest BCUT2D eigenvalue weighted by Gasteiger charge is 2.70. The maximum atomic E-state index is 2.64. The van der Waals surface area contributed by atoms with Gasteiger partial charge in [0.05, 0.1) is 0 Å². The molecule has 0 radical (unpaired) electrons. The van der Waals surface area contributed by atoms with Crippen LogP contribution in [-0.4, -0.2) is 0 Å². The van der Waals surface area contributed by atoms with Gasteiger partial charge in [0.2, 0.25) is 0 Å². The molecule has 0 amide bonds. The second kappa shape index (κ2) is 10.7. The van der Waals surface area contributed by atoms with Crippen molar-refractivity contribution in [3.8, 4) is 0 Å². The molecule has 18 atom stereocenters. The molecule has 9 saturated carbocycles. The van der Waals surface area contributed by atoms with Gasteiger partial charge in [0.1, 0.15) is 0 Å². The second-order valence-electron chi connectivity index (χ2n) is 19.5. The van der Waals surface area contributed by atoms with Gasteiger partial charge in [-0.15, -0.1) is 0 Å². The van der Waals surface area contributed by atoms with E-state index in [1.54, 1.807) is 80.7 Å². The number of hydrogen-bond donors (Lipinski definition) is 0. The van der Waals surface area contributed by atoms with Crippen LogP contribution in [0.25, 0.3) is 10.8 Å². The van der Waals surface area contributed by atoms with Crippen LogP contribution in [0.2, 0.25) is 0 Å². The van der Waals surface area contributed by atoms with E-state index in [0.717, 1.165) is 107 Å². The Balaban J connectivity index is 1.02. The number of rotatable bonds is 2. The van der Waals surface area contributed by atoms with Crippen LogP contribution in [-0.2, 0) is 0 Å². The van der Waals surface area contributed by atoms with Crippen molar-refractivity contribution in [1.82, 2.24) is 0 Å². The van der Waals surface area contributed by atoms with Crippen molar-refractivity contribution in [3.63, 3.8) is 0 Å². The molecule has 3 aromatic carbocycles. The summed E-state index contributed by atoms with van der Waals surface area (Å²) >= 11 is 0. The number of fused-ring (bicyclic) bond motifs is 7. The van der Waals surface area contributed by atoms with Crippen LogP contribution in [0.3, 0.4) is 0 Å². The predicted octanol–water partition coefficient (Wildman–Crippen LogP) is 12.2. The van der Waals surface area contributed by atoms with Gasteiger partial charge in [-0.1, -0.05) is 85.6 Å². The fourth-order valence-corrected chi connectivity index (χ4v) is 18.2. The molecule has 0 nitrogen and oxygen atoms in total. The lowest BCUT2D eigenvalue weighted by Gasteiger charge is -2.65. The molecule has 0 heterocycles. The molecular weight excluding hydrogens is 577 g/mol. The van der Waals surface area contributed by atoms with E-state index in [2.05, 4.69) is 72.8 Å². The zero-order chi connectivity index (χ0) is 31.1. The van der Waals surface area contributed by atoms with E-state index in [1.807, 2.05) is 0 Å². The molecule has 9 aliphatic carbocycles. The monoisotopic (exact) mass is 634 g/mol. The predicted molar refractivity (Wildman–Crippen MR) is 196 cm³/mol. The molecule has 0 spiro atoms. The van der Waals surface area contributed by atoms with Crippen LogP contribution in [0, 0.1) is 94.7 Å². The molecule has 0 N–H and O–H groups in total. The summed E-state index contributed by atoms with van der Waals surface area (Å²) in [5.41, 5.74) is 3.50. The zero-order valence-corrected chi connectivity index (χ0v) is 29.2. The van der Waals surface area contributed by atoms with E-state index < -0.39 is 0 Å². The topological polar surface area (TPSA) is 0 Å². The fraction of sp³-hybridized carbons (Fsp3) is 0.667. The third-order valence-electron chi connectivity index (χ3n) is 18.8. The summed E-state index contributed by atoms with van der Waals surface area (Å²) in [4.78, 5) is 0. The Bertz CT molecular complexity index is 1660. The summed E-state index contributed by atoms with van der Waals surface area (Å²) in [7, 11) is 0. The molecule has 48 heavy (non-hydrogen) atoms.